The molecule has 2 N–H and O–H groups in total. The number of nitrogens with one attached hydrogen (secondary N) is 2. The second kappa shape index (κ2) is 6.20. The van der Waals surface area contributed by atoms with Crippen LogP contribution in [0.3, 0.4) is 0 Å². The van der Waals surface area contributed by atoms with Crippen molar-refractivity contribution in [2.75, 3.05) is 0 Å². The smallest absolute Gasteiger partial charge is 0.282 e. The summed E-state index contributed by atoms with van der Waals surface area (Å²) in [6.07, 6.45) is -0.544. The first kappa shape index (κ1) is 16.7. The predicted octanol–water partition coefficient (Wildman–Crippen LogP) is 3.72. The SMILES string of the molecule is FC(F)(F)c1ccccc1/C=N\n1c(-c2n[nH]c3c2CCC3)n[nH]c1=S. The Hall–Kier alpha value is -2.75. The van der Waals surface area contributed by atoms with Crippen molar-refractivity contribution in [1.82, 2.24) is 25.1 Å². The van der Waals surface area contributed by atoms with Gasteiger partial charge in [0, 0.05) is 16.8 Å². The van der Waals surface area contributed by atoms with Crippen LogP contribution in [-0.2, 0) is 19.0 Å². The molecule has 2 aromatic heterocycles. The molecule has 6 nitrogen and oxygen atoms in total. The van der Waals surface area contributed by atoms with Gasteiger partial charge in [0.05, 0.1) is 11.8 Å². The molecule has 0 atom stereocenters. The molecule has 1 aromatic carbocycles. The van der Waals surface area contributed by atoms with Gasteiger partial charge in [0.15, 0.2) is 0 Å². The van der Waals surface area contributed by atoms with Gasteiger partial charge in [0.2, 0.25) is 10.6 Å². The molecule has 1 aliphatic rings. The van der Waals surface area contributed by atoms with E-state index in [-0.39, 0.29) is 10.3 Å². The van der Waals surface area contributed by atoms with Crippen molar-refractivity contribution in [1.29, 1.82) is 0 Å². The lowest BCUT2D eigenvalue weighted by atomic mass is 10.1. The van der Waals surface area contributed by atoms with Gasteiger partial charge in [-0.2, -0.15) is 33.1 Å². The molecule has 10 heteroatoms. The molecule has 0 spiro atoms. The fraction of sp³-hybridized carbons (Fsp3) is 0.250. The summed E-state index contributed by atoms with van der Waals surface area (Å²) in [7, 11) is 0. The third kappa shape index (κ3) is 2.85. The summed E-state index contributed by atoms with van der Waals surface area (Å²) in [6.45, 7) is 0. The van der Waals surface area contributed by atoms with E-state index in [4.69, 9.17) is 12.2 Å². The third-order valence-electron chi connectivity index (χ3n) is 4.25. The fourth-order valence-corrected chi connectivity index (χ4v) is 3.22. The highest BCUT2D eigenvalue weighted by molar-refractivity contribution is 7.71. The Balaban J connectivity index is 1.76. The lowest BCUT2D eigenvalue weighted by Crippen LogP contribution is -2.09. The number of halogens is 3. The molecule has 2 heterocycles. The first-order chi connectivity index (χ1) is 12.4. The zero-order valence-electron chi connectivity index (χ0n) is 13.3. The lowest BCUT2D eigenvalue weighted by Gasteiger charge is -2.09. The molecule has 0 aliphatic heterocycles. The van der Waals surface area contributed by atoms with Gasteiger partial charge >= 0.3 is 6.18 Å². The van der Waals surface area contributed by atoms with E-state index < -0.39 is 11.7 Å². The monoisotopic (exact) mass is 378 g/mol. The molecule has 0 fully saturated rings. The first-order valence-electron chi connectivity index (χ1n) is 7.89. The number of H-pyrrole nitrogens is 2. The van der Waals surface area contributed by atoms with Crippen LogP contribution in [0.5, 0.6) is 0 Å². The zero-order chi connectivity index (χ0) is 18.3. The summed E-state index contributed by atoms with van der Waals surface area (Å²) in [5.41, 5.74) is 1.89. The van der Waals surface area contributed by atoms with E-state index in [1.807, 2.05) is 0 Å². The molecule has 4 rings (SSSR count). The quantitative estimate of drug-likeness (QED) is 0.539. The van der Waals surface area contributed by atoms with Crippen LogP contribution in [-0.4, -0.2) is 31.3 Å². The first-order valence-corrected chi connectivity index (χ1v) is 8.30. The Morgan fingerprint density at radius 1 is 1.15 bits per heavy atom. The maximum Gasteiger partial charge on any atom is 0.417 e. The van der Waals surface area contributed by atoms with Gasteiger partial charge in [-0.1, -0.05) is 18.2 Å². The molecular weight excluding hydrogens is 365 g/mol. The summed E-state index contributed by atoms with van der Waals surface area (Å²) in [5, 5.41) is 18.1. The minimum Gasteiger partial charge on any atom is -0.282 e. The largest absolute Gasteiger partial charge is 0.417 e. The molecule has 0 amide bonds. The van der Waals surface area contributed by atoms with Crippen LogP contribution < -0.4 is 0 Å². The number of alkyl halides is 3. The summed E-state index contributed by atoms with van der Waals surface area (Å²) in [5.74, 6) is 0.370. The molecule has 0 bridgehead atoms. The summed E-state index contributed by atoms with van der Waals surface area (Å²) < 4.78 is 40.8. The number of aromatic nitrogens is 5. The van der Waals surface area contributed by atoms with Crippen molar-refractivity contribution >= 4 is 18.4 Å². The van der Waals surface area contributed by atoms with Gasteiger partial charge in [-0.15, -0.1) is 0 Å². The zero-order valence-corrected chi connectivity index (χ0v) is 14.2. The molecule has 0 unspecified atom stereocenters. The summed E-state index contributed by atoms with van der Waals surface area (Å²) in [6, 6.07) is 5.22. The molecule has 0 radical (unpaired) electrons. The van der Waals surface area contributed by atoms with Gasteiger partial charge in [0.1, 0.15) is 5.69 Å². The van der Waals surface area contributed by atoms with Crippen LogP contribution in [0, 0.1) is 4.77 Å². The predicted molar refractivity (Wildman–Crippen MR) is 91.5 cm³/mol. The van der Waals surface area contributed by atoms with Crippen molar-refractivity contribution in [3.63, 3.8) is 0 Å². The van der Waals surface area contributed by atoms with Crippen LogP contribution in [0.4, 0.5) is 13.2 Å². The Labute approximate surface area is 150 Å². The van der Waals surface area contributed by atoms with Gasteiger partial charge in [-0.25, -0.2) is 5.10 Å². The maximum absolute atomic E-state index is 13.1. The Kier molecular flexibility index (Phi) is 3.98. The number of hydrogen-bond donors (Lipinski definition) is 2. The number of aryl methyl sites for hydroxylation is 1. The number of aromatic amines is 2. The van der Waals surface area contributed by atoms with Crippen LogP contribution in [0.25, 0.3) is 11.5 Å². The fourth-order valence-electron chi connectivity index (χ4n) is 3.04. The summed E-state index contributed by atoms with van der Waals surface area (Å²) in [4.78, 5) is 0. The average molecular weight is 378 g/mol. The molecule has 0 saturated carbocycles. The number of fused-ring (bicyclic) bond motifs is 1. The van der Waals surface area contributed by atoms with Crippen molar-refractivity contribution in [2.24, 2.45) is 5.10 Å². The third-order valence-corrected chi connectivity index (χ3v) is 4.51. The molecule has 1 aliphatic carbocycles. The highest BCUT2D eigenvalue weighted by Crippen LogP contribution is 2.31. The van der Waals surface area contributed by atoms with Crippen molar-refractivity contribution < 1.29 is 13.2 Å². The van der Waals surface area contributed by atoms with Gasteiger partial charge in [0.25, 0.3) is 0 Å². The van der Waals surface area contributed by atoms with Crippen LogP contribution in [0.1, 0.15) is 28.8 Å². The van der Waals surface area contributed by atoms with Crippen LogP contribution in [0.15, 0.2) is 29.4 Å². The second-order valence-corrected chi connectivity index (χ2v) is 6.26. The minimum atomic E-state index is -4.47. The van der Waals surface area contributed by atoms with E-state index in [2.05, 4.69) is 25.5 Å². The van der Waals surface area contributed by atoms with Crippen molar-refractivity contribution in [3.8, 4) is 11.5 Å². The van der Waals surface area contributed by atoms with Gasteiger partial charge < -0.3 is 0 Å². The molecule has 3 aromatic rings. The standard InChI is InChI=1S/C16H13F3N6S/c17-16(18,19)11-6-2-1-4-9(11)8-20-25-14(23-24-15(25)26)13-10-5-3-7-12(10)21-22-13/h1-2,4,6,8H,3,5,7H2,(H,21,22)(H,24,26)/b20-8-. The Bertz CT molecular complexity index is 1040. The molecule has 26 heavy (non-hydrogen) atoms. The van der Waals surface area contributed by atoms with E-state index in [0.717, 1.165) is 42.8 Å². The molecule has 0 saturated heterocycles. The van der Waals surface area contributed by atoms with E-state index in [9.17, 15) is 13.2 Å². The lowest BCUT2D eigenvalue weighted by molar-refractivity contribution is -0.137. The number of rotatable bonds is 3. The highest BCUT2D eigenvalue weighted by atomic mass is 32.1. The van der Waals surface area contributed by atoms with Crippen LogP contribution in [0.2, 0.25) is 0 Å². The number of hydrogen-bond acceptors (Lipinski definition) is 4. The molecular formula is C16H13F3N6S. The van der Waals surface area contributed by atoms with E-state index >= 15 is 0 Å². The van der Waals surface area contributed by atoms with E-state index in [0.29, 0.717) is 11.5 Å². The van der Waals surface area contributed by atoms with Crippen molar-refractivity contribution in [2.45, 2.75) is 25.4 Å². The van der Waals surface area contributed by atoms with Gasteiger partial charge in [-0.3, -0.25) is 5.10 Å². The Morgan fingerprint density at radius 3 is 2.77 bits per heavy atom. The second-order valence-electron chi connectivity index (χ2n) is 5.88. The topological polar surface area (TPSA) is 74.7 Å². The summed E-state index contributed by atoms with van der Waals surface area (Å²) >= 11 is 5.17. The van der Waals surface area contributed by atoms with E-state index in [1.165, 1.54) is 22.9 Å². The number of nitrogens with zero attached hydrogens (tertiary/aromatic N) is 4. The van der Waals surface area contributed by atoms with Crippen molar-refractivity contribution in [3.05, 3.63) is 51.4 Å². The molecule has 134 valence electrons. The van der Waals surface area contributed by atoms with E-state index in [1.54, 1.807) is 0 Å². The maximum atomic E-state index is 13.1. The normalized spacial score (nSPS) is 14.3. The average Bonchev–Trinajstić information content (AvgIpc) is 3.28. The highest BCUT2D eigenvalue weighted by Gasteiger charge is 2.32. The Morgan fingerprint density at radius 2 is 1.96 bits per heavy atom. The minimum absolute atomic E-state index is 0.0543. The van der Waals surface area contributed by atoms with Crippen LogP contribution >= 0.6 is 12.2 Å². The number of benzene rings is 1. The van der Waals surface area contributed by atoms with Gasteiger partial charge in [-0.05, 0) is 37.5 Å².